The quantitative estimate of drug-likeness (QED) is 0.843. The zero-order chi connectivity index (χ0) is 14.5. The summed E-state index contributed by atoms with van der Waals surface area (Å²) < 4.78 is 0. The van der Waals surface area contributed by atoms with E-state index in [0.717, 1.165) is 38.3 Å². The van der Waals surface area contributed by atoms with Crippen LogP contribution in [0.4, 0.5) is 11.4 Å². The largest absolute Gasteiger partial charge is 0.368 e. The van der Waals surface area contributed by atoms with Gasteiger partial charge in [-0.2, -0.15) is 0 Å². The fraction of sp³-hybridized carbons (Fsp3) is 0.562. The summed E-state index contributed by atoms with van der Waals surface area (Å²) in [6.07, 6.45) is 1.58. The summed E-state index contributed by atoms with van der Waals surface area (Å²) in [4.78, 5) is 18.7. The van der Waals surface area contributed by atoms with Gasteiger partial charge in [0.2, 0.25) is 5.91 Å². The van der Waals surface area contributed by atoms with Gasteiger partial charge in [0.15, 0.2) is 0 Å². The number of carbonyl (C=O) groups is 1. The third-order valence-electron chi connectivity index (χ3n) is 3.74. The minimum absolute atomic E-state index is 0.215. The molecule has 1 amide bonds. The van der Waals surface area contributed by atoms with E-state index in [0.29, 0.717) is 6.42 Å². The van der Waals surface area contributed by atoms with E-state index >= 15 is 0 Å². The van der Waals surface area contributed by atoms with Crippen LogP contribution in [0.15, 0.2) is 24.3 Å². The van der Waals surface area contributed by atoms with Crippen molar-refractivity contribution in [1.82, 2.24) is 4.90 Å². The van der Waals surface area contributed by atoms with Crippen LogP contribution < -0.4 is 9.80 Å². The molecule has 1 aliphatic heterocycles. The Morgan fingerprint density at radius 1 is 1.20 bits per heavy atom. The van der Waals surface area contributed by atoms with Crippen LogP contribution in [0.3, 0.4) is 0 Å². The van der Waals surface area contributed by atoms with Crippen LogP contribution in [0.2, 0.25) is 0 Å². The second-order valence-electron chi connectivity index (χ2n) is 5.53. The van der Waals surface area contributed by atoms with Crippen LogP contribution in [0.25, 0.3) is 0 Å². The topological polar surface area (TPSA) is 26.8 Å². The Hall–Kier alpha value is -1.55. The Balaban J connectivity index is 2.27. The van der Waals surface area contributed by atoms with E-state index in [9.17, 15) is 4.79 Å². The van der Waals surface area contributed by atoms with E-state index in [4.69, 9.17) is 0 Å². The normalized spacial score (nSPS) is 15.2. The zero-order valence-corrected chi connectivity index (χ0v) is 12.8. The van der Waals surface area contributed by atoms with E-state index in [2.05, 4.69) is 42.1 Å². The molecule has 110 valence electrons. The second kappa shape index (κ2) is 6.75. The fourth-order valence-corrected chi connectivity index (χ4v) is 2.62. The molecule has 2 rings (SSSR count). The van der Waals surface area contributed by atoms with Crippen molar-refractivity contribution in [2.24, 2.45) is 0 Å². The lowest BCUT2D eigenvalue weighted by Gasteiger charge is -2.27. The number of hydrogen-bond acceptors (Lipinski definition) is 3. The average molecular weight is 275 g/mol. The van der Waals surface area contributed by atoms with Gasteiger partial charge in [0, 0.05) is 32.6 Å². The molecule has 0 aliphatic carbocycles. The number of anilines is 2. The van der Waals surface area contributed by atoms with Gasteiger partial charge >= 0.3 is 0 Å². The lowest BCUT2D eigenvalue weighted by Crippen LogP contribution is -2.32. The molecule has 4 heteroatoms. The number of hydrogen-bond donors (Lipinski definition) is 0. The lowest BCUT2D eigenvalue weighted by atomic mass is 10.2. The van der Waals surface area contributed by atoms with Gasteiger partial charge in [0.25, 0.3) is 0 Å². The molecule has 0 unspecified atom stereocenters. The molecule has 1 aromatic rings. The van der Waals surface area contributed by atoms with Crippen molar-refractivity contribution in [3.8, 4) is 0 Å². The first-order valence-electron chi connectivity index (χ1n) is 7.42. The highest BCUT2D eigenvalue weighted by molar-refractivity contribution is 5.97. The molecule has 20 heavy (non-hydrogen) atoms. The molecule has 0 atom stereocenters. The van der Waals surface area contributed by atoms with Crippen molar-refractivity contribution < 1.29 is 4.79 Å². The van der Waals surface area contributed by atoms with E-state index in [1.165, 1.54) is 5.69 Å². The van der Waals surface area contributed by atoms with Crippen LogP contribution in [0, 0.1) is 0 Å². The first-order chi connectivity index (χ1) is 9.63. The Morgan fingerprint density at radius 2 is 1.90 bits per heavy atom. The third kappa shape index (κ3) is 3.31. The van der Waals surface area contributed by atoms with Gasteiger partial charge in [-0.1, -0.05) is 19.1 Å². The number of nitrogens with zero attached hydrogens (tertiary/aromatic N) is 3. The number of para-hydroxylation sites is 2. The summed E-state index contributed by atoms with van der Waals surface area (Å²) in [5.41, 5.74) is 2.25. The minimum atomic E-state index is 0.215. The number of amides is 1. The molecule has 0 saturated carbocycles. The first-order valence-corrected chi connectivity index (χ1v) is 7.42. The average Bonchev–Trinajstić information content (AvgIpc) is 2.64. The number of benzene rings is 1. The zero-order valence-electron chi connectivity index (χ0n) is 12.8. The third-order valence-corrected chi connectivity index (χ3v) is 3.74. The number of likely N-dealkylation sites (N-methyl/N-ethyl adjacent to an activating group) is 1. The molecule has 0 bridgehead atoms. The number of rotatable bonds is 4. The van der Waals surface area contributed by atoms with Gasteiger partial charge in [-0.05, 0) is 32.6 Å². The fourth-order valence-electron chi connectivity index (χ4n) is 2.62. The molecular weight excluding hydrogens is 250 g/mol. The Morgan fingerprint density at radius 3 is 2.55 bits per heavy atom. The van der Waals surface area contributed by atoms with Crippen molar-refractivity contribution in [3.63, 3.8) is 0 Å². The van der Waals surface area contributed by atoms with Crippen LogP contribution >= 0.6 is 0 Å². The maximum Gasteiger partial charge on any atom is 0.226 e. The van der Waals surface area contributed by atoms with Crippen molar-refractivity contribution in [2.45, 2.75) is 19.8 Å². The highest BCUT2D eigenvalue weighted by Gasteiger charge is 2.23. The van der Waals surface area contributed by atoms with Crippen molar-refractivity contribution in [3.05, 3.63) is 24.3 Å². The van der Waals surface area contributed by atoms with Gasteiger partial charge in [-0.15, -0.1) is 0 Å². The molecule has 1 aromatic carbocycles. The molecule has 0 radical (unpaired) electrons. The summed E-state index contributed by atoms with van der Waals surface area (Å²) in [6.45, 7) is 5.79. The first kappa shape index (κ1) is 14.9. The summed E-state index contributed by atoms with van der Waals surface area (Å²) >= 11 is 0. The number of carbonyl (C=O) groups excluding carboxylic acids is 1. The maximum atomic E-state index is 12.2. The molecule has 0 fully saturated rings. The highest BCUT2D eigenvalue weighted by atomic mass is 16.2. The molecular formula is C16H25N3O. The smallest absolute Gasteiger partial charge is 0.226 e. The predicted octanol–water partition coefficient (Wildman–Crippen LogP) is 2.20. The Kier molecular flexibility index (Phi) is 5.01. The monoisotopic (exact) mass is 275 g/mol. The van der Waals surface area contributed by atoms with Crippen molar-refractivity contribution in [2.75, 3.05) is 50.1 Å². The summed E-state index contributed by atoms with van der Waals surface area (Å²) in [7, 11) is 4.19. The van der Waals surface area contributed by atoms with Crippen LogP contribution in [0.1, 0.15) is 19.8 Å². The molecule has 4 nitrogen and oxygen atoms in total. The molecule has 1 aliphatic rings. The van der Waals surface area contributed by atoms with Crippen LogP contribution in [0.5, 0.6) is 0 Å². The second-order valence-corrected chi connectivity index (χ2v) is 5.53. The summed E-state index contributed by atoms with van der Waals surface area (Å²) in [5, 5.41) is 0. The highest BCUT2D eigenvalue weighted by Crippen LogP contribution is 2.32. The van der Waals surface area contributed by atoms with Gasteiger partial charge < -0.3 is 14.7 Å². The van der Waals surface area contributed by atoms with Gasteiger partial charge in [0.05, 0.1) is 11.4 Å². The van der Waals surface area contributed by atoms with Crippen molar-refractivity contribution >= 4 is 17.3 Å². The van der Waals surface area contributed by atoms with E-state index in [1.54, 1.807) is 0 Å². The van der Waals surface area contributed by atoms with E-state index < -0.39 is 0 Å². The van der Waals surface area contributed by atoms with E-state index in [-0.39, 0.29) is 5.91 Å². The van der Waals surface area contributed by atoms with Crippen LogP contribution in [-0.4, -0.2) is 51.1 Å². The summed E-state index contributed by atoms with van der Waals surface area (Å²) in [5.74, 6) is 0.215. The Bertz CT molecular complexity index is 459. The van der Waals surface area contributed by atoms with Crippen LogP contribution in [-0.2, 0) is 4.79 Å². The summed E-state index contributed by atoms with van der Waals surface area (Å²) in [6, 6.07) is 8.27. The molecule has 0 saturated heterocycles. The standard InChI is InChI=1S/C16H25N3O/c1-4-16(20)19-11-7-10-18(13-12-17(2)3)14-8-5-6-9-15(14)19/h5-6,8-9H,4,7,10-13H2,1-3H3. The molecule has 0 N–H and O–H groups in total. The van der Waals surface area contributed by atoms with Gasteiger partial charge in [0.1, 0.15) is 0 Å². The van der Waals surface area contributed by atoms with Gasteiger partial charge in [-0.25, -0.2) is 0 Å². The van der Waals surface area contributed by atoms with Gasteiger partial charge in [-0.3, -0.25) is 4.79 Å². The van der Waals surface area contributed by atoms with E-state index in [1.807, 2.05) is 17.9 Å². The Labute approximate surface area is 122 Å². The molecule has 0 spiro atoms. The van der Waals surface area contributed by atoms with Crippen molar-refractivity contribution in [1.29, 1.82) is 0 Å². The minimum Gasteiger partial charge on any atom is -0.368 e. The molecule has 1 heterocycles. The molecule has 0 aromatic heterocycles. The predicted molar refractivity (Wildman–Crippen MR) is 84.5 cm³/mol. The SMILES string of the molecule is CCC(=O)N1CCCN(CCN(C)C)c2ccccc21. The maximum absolute atomic E-state index is 12.2. The lowest BCUT2D eigenvalue weighted by molar-refractivity contribution is -0.118. The number of fused-ring (bicyclic) bond motifs is 1.